The fourth-order valence-electron chi connectivity index (χ4n) is 1.38. The Balaban J connectivity index is 0.000000791. The molecule has 0 bridgehead atoms. The lowest BCUT2D eigenvalue weighted by Crippen LogP contribution is -1.83. The molecule has 14 heavy (non-hydrogen) atoms. The van der Waals surface area contributed by atoms with Crippen LogP contribution in [0.25, 0.3) is 12.2 Å². The molecule has 0 unspecified atom stereocenters. The van der Waals surface area contributed by atoms with Crippen molar-refractivity contribution in [1.82, 2.24) is 4.98 Å². The molecule has 0 aliphatic heterocycles. The molecule has 1 heterocycles. The Morgan fingerprint density at radius 2 is 1.93 bits per heavy atom. The third-order valence-electron chi connectivity index (χ3n) is 1.97. The molecule has 0 spiro atoms. The van der Waals surface area contributed by atoms with E-state index in [9.17, 15) is 0 Å². The van der Waals surface area contributed by atoms with Crippen LogP contribution in [-0.2, 0) is 6.42 Å². The van der Waals surface area contributed by atoms with Gasteiger partial charge in [0.15, 0.2) is 0 Å². The molecule has 0 aliphatic rings. The number of aryl methyl sites for hydroxylation is 1. The van der Waals surface area contributed by atoms with Crippen LogP contribution in [0.5, 0.6) is 0 Å². The highest BCUT2D eigenvalue weighted by molar-refractivity contribution is 5.64. The minimum atomic E-state index is 1.08. The first-order valence-corrected chi connectivity index (χ1v) is 5.28. The van der Waals surface area contributed by atoms with Crippen LogP contribution in [0.4, 0.5) is 0 Å². The maximum absolute atomic E-state index is 3.79. The molecule has 1 N–H and O–H groups in total. The lowest BCUT2D eigenvalue weighted by Gasteiger charge is -1.96. The van der Waals surface area contributed by atoms with E-state index in [1.54, 1.807) is 0 Å². The van der Waals surface area contributed by atoms with E-state index in [1.807, 2.05) is 32.2 Å². The number of H-pyrrole nitrogens is 1. The third-order valence-corrected chi connectivity index (χ3v) is 1.97. The van der Waals surface area contributed by atoms with E-state index in [1.165, 1.54) is 11.1 Å². The Kier molecular flexibility index (Phi) is 6.55. The van der Waals surface area contributed by atoms with Gasteiger partial charge in [-0.2, -0.15) is 0 Å². The van der Waals surface area contributed by atoms with Crippen LogP contribution in [-0.4, -0.2) is 4.98 Å². The van der Waals surface area contributed by atoms with E-state index in [0.717, 1.165) is 18.5 Å². The van der Waals surface area contributed by atoms with Crippen LogP contribution in [0, 0.1) is 0 Å². The molecule has 0 fully saturated rings. The van der Waals surface area contributed by atoms with Crippen LogP contribution in [0.15, 0.2) is 19.4 Å². The number of rotatable bonds is 4. The largest absolute Gasteiger partial charge is 0.361 e. The first-order chi connectivity index (χ1) is 6.83. The zero-order valence-electron chi connectivity index (χ0n) is 9.56. The minimum Gasteiger partial charge on any atom is -0.361 e. The fraction of sp³-hybridized carbons (Fsp3) is 0.385. The second-order valence-electron chi connectivity index (χ2n) is 2.80. The summed E-state index contributed by atoms with van der Waals surface area (Å²) >= 11 is 0. The van der Waals surface area contributed by atoms with E-state index in [4.69, 9.17) is 0 Å². The van der Waals surface area contributed by atoms with Crippen molar-refractivity contribution >= 4 is 12.2 Å². The van der Waals surface area contributed by atoms with Crippen molar-refractivity contribution in [2.24, 2.45) is 0 Å². The molecule has 0 radical (unpaired) electrons. The first-order valence-electron chi connectivity index (χ1n) is 5.28. The monoisotopic (exact) mass is 191 g/mol. The molecule has 0 amide bonds. The Morgan fingerprint density at radius 3 is 2.36 bits per heavy atom. The Hall–Kier alpha value is -1.24. The predicted octanol–water partition coefficient (Wildman–Crippen LogP) is 4.28. The zero-order chi connectivity index (χ0) is 11.0. The van der Waals surface area contributed by atoms with Gasteiger partial charge >= 0.3 is 0 Å². The lowest BCUT2D eigenvalue weighted by atomic mass is 10.1. The lowest BCUT2D eigenvalue weighted by molar-refractivity contribution is 0.922. The normalized spacial score (nSPS) is 8.79. The summed E-state index contributed by atoms with van der Waals surface area (Å²) in [4.78, 5) is 3.17. The SMILES string of the molecule is C=Cc1[nH]cc(CCC)c1C=C.CC. The molecule has 1 rings (SSSR count). The molecule has 0 aromatic carbocycles. The van der Waals surface area contributed by atoms with Gasteiger partial charge in [0.1, 0.15) is 0 Å². The summed E-state index contributed by atoms with van der Waals surface area (Å²) in [7, 11) is 0. The first kappa shape index (κ1) is 12.8. The van der Waals surface area contributed by atoms with Crippen molar-refractivity contribution in [3.05, 3.63) is 36.2 Å². The zero-order valence-corrected chi connectivity index (χ0v) is 9.56. The molecule has 0 atom stereocenters. The predicted molar refractivity (Wildman–Crippen MR) is 66.3 cm³/mol. The summed E-state index contributed by atoms with van der Waals surface area (Å²) in [6, 6.07) is 0. The van der Waals surface area contributed by atoms with Gasteiger partial charge in [-0.25, -0.2) is 0 Å². The van der Waals surface area contributed by atoms with Crippen LogP contribution in [0.1, 0.15) is 44.0 Å². The summed E-state index contributed by atoms with van der Waals surface area (Å²) in [5.41, 5.74) is 3.61. The van der Waals surface area contributed by atoms with Crippen molar-refractivity contribution in [2.45, 2.75) is 33.6 Å². The molecular formula is C13H21N. The summed E-state index contributed by atoms with van der Waals surface area (Å²) in [5, 5.41) is 0. The molecular weight excluding hydrogens is 170 g/mol. The molecule has 0 aliphatic carbocycles. The molecule has 1 nitrogen and oxygen atoms in total. The van der Waals surface area contributed by atoms with E-state index < -0.39 is 0 Å². The van der Waals surface area contributed by atoms with Crippen LogP contribution in [0.3, 0.4) is 0 Å². The van der Waals surface area contributed by atoms with Gasteiger partial charge in [-0.1, -0.05) is 46.4 Å². The van der Waals surface area contributed by atoms with Crippen LogP contribution < -0.4 is 0 Å². The van der Waals surface area contributed by atoms with Gasteiger partial charge in [0.05, 0.1) is 0 Å². The molecule has 1 aromatic heterocycles. The van der Waals surface area contributed by atoms with Crippen LogP contribution in [0.2, 0.25) is 0 Å². The molecule has 78 valence electrons. The second-order valence-corrected chi connectivity index (χ2v) is 2.80. The third kappa shape index (κ3) is 2.91. The Morgan fingerprint density at radius 1 is 1.29 bits per heavy atom. The van der Waals surface area contributed by atoms with Gasteiger partial charge in [0.25, 0.3) is 0 Å². The average molecular weight is 191 g/mol. The van der Waals surface area contributed by atoms with Gasteiger partial charge in [0, 0.05) is 17.5 Å². The highest BCUT2D eigenvalue weighted by atomic mass is 14.7. The number of aromatic nitrogens is 1. The second kappa shape index (κ2) is 7.19. The van der Waals surface area contributed by atoms with Crippen molar-refractivity contribution in [2.75, 3.05) is 0 Å². The average Bonchev–Trinajstić information content (AvgIpc) is 2.63. The highest BCUT2D eigenvalue weighted by Crippen LogP contribution is 2.17. The number of hydrogen-bond acceptors (Lipinski definition) is 0. The van der Waals surface area contributed by atoms with E-state index in [0.29, 0.717) is 0 Å². The van der Waals surface area contributed by atoms with Crippen molar-refractivity contribution in [3.8, 4) is 0 Å². The molecule has 0 saturated heterocycles. The summed E-state index contributed by atoms with van der Waals surface area (Å²) in [6.45, 7) is 13.7. The van der Waals surface area contributed by atoms with Crippen molar-refractivity contribution in [1.29, 1.82) is 0 Å². The number of hydrogen-bond donors (Lipinski definition) is 1. The maximum Gasteiger partial charge on any atom is 0.0450 e. The minimum absolute atomic E-state index is 1.08. The van der Waals surface area contributed by atoms with Crippen LogP contribution >= 0.6 is 0 Å². The number of aromatic amines is 1. The highest BCUT2D eigenvalue weighted by Gasteiger charge is 2.03. The number of nitrogens with one attached hydrogen (secondary N) is 1. The smallest absolute Gasteiger partial charge is 0.0450 e. The van der Waals surface area contributed by atoms with E-state index in [2.05, 4.69) is 25.1 Å². The standard InChI is InChI=1S/C11H15N.C2H6/c1-4-7-9-8-12-11(6-3)10(9)5-2;1-2/h5-6,8,12H,2-4,7H2,1H3;1-2H3. The van der Waals surface area contributed by atoms with Gasteiger partial charge in [0.2, 0.25) is 0 Å². The van der Waals surface area contributed by atoms with Crippen molar-refractivity contribution < 1.29 is 0 Å². The summed E-state index contributed by atoms with van der Waals surface area (Å²) in [5.74, 6) is 0. The van der Waals surface area contributed by atoms with E-state index >= 15 is 0 Å². The topological polar surface area (TPSA) is 15.8 Å². The summed E-state index contributed by atoms with van der Waals surface area (Å²) in [6.07, 6.45) is 8.02. The Labute approximate surface area is 87.6 Å². The van der Waals surface area contributed by atoms with Gasteiger partial charge < -0.3 is 4.98 Å². The fourth-order valence-corrected chi connectivity index (χ4v) is 1.38. The quantitative estimate of drug-likeness (QED) is 0.731. The molecule has 1 aromatic rings. The maximum atomic E-state index is 3.79. The molecule has 0 saturated carbocycles. The molecule has 1 heteroatoms. The van der Waals surface area contributed by atoms with Crippen molar-refractivity contribution in [3.63, 3.8) is 0 Å². The van der Waals surface area contributed by atoms with Gasteiger partial charge in [-0.3, -0.25) is 0 Å². The Bertz CT molecular complexity index is 281. The van der Waals surface area contributed by atoms with E-state index in [-0.39, 0.29) is 0 Å². The van der Waals surface area contributed by atoms with Gasteiger partial charge in [-0.15, -0.1) is 0 Å². The van der Waals surface area contributed by atoms with Gasteiger partial charge in [-0.05, 0) is 18.1 Å². The summed E-state index contributed by atoms with van der Waals surface area (Å²) < 4.78 is 0.